The Labute approximate surface area is 155 Å². The zero-order chi connectivity index (χ0) is 19.1. The molecule has 0 amide bonds. The molecule has 0 saturated carbocycles. The van der Waals surface area contributed by atoms with Crippen LogP contribution in [0.15, 0.2) is 43.0 Å². The maximum absolute atomic E-state index is 11.6. The summed E-state index contributed by atoms with van der Waals surface area (Å²) in [5.74, 6) is -0.834. The van der Waals surface area contributed by atoms with Crippen LogP contribution in [0.5, 0.6) is 0 Å². The number of nitrogens with zero attached hydrogens (tertiary/aromatic N) is 3. The van der Waals surface area contributed by atoms with Crippen molar-refractivity contribution in [2.75, 3.05) is 5.73 Å². The van der Waals surface area contributed by atoms with Crippen LogP contribution in [-0.2, 0) is 6.42 Å². The monoisotopic (exact) mass is 359 g/mol. The third kappa shape index (κ3) is 2.87. The maximum atomic E-state index is 11.6. The fraction of sp³-hybridized carbons (Fsp3) is 0.150. The lowest BCUT2D eigenvalue weighted by atomic mass is 10.0. The molecular formula is C20H17N5O2. The Hall–Kier alpha value is -3.79. The molecule has 3 aromatic rings. The number of carboxylic acids is 1. The van der Waals surface area contributed by atoms with Crippen LogP contribution in [0.25, 0.3) is 11.2 Å². The summed E-state index contributed by atoms with van der Waals surface area (Å²) in [4.78, 5) is 11.6. The Morgan fingerprint density at radius 2 is 2.19 bits per heavy atom. The van der Waals surface area contributed by atoms with Gasteiger partial charge in [0, 0.05) is 17.3 Å². The summed E-state index contributed by atoms with van der Waals surface area (Å²) in [6, 6.07) is 12.9. The molecule has 4 N–H and O–H groups in total. The molecule has 4 rings (SSSR count). The van der Waals surface area contributed by atoms with E-state index in [-0.39, 0.29) is 17.6 Å². The molecule has 7 nitrogen and oxygen atoms in total. The summed E-state index contributed by atoms with van der Waals surface area (Å²) in [7, 11) is 0. The minimum absolute atomic E-state index is 0.0210. The molecule has 2 aromatic heterocycles. The van der Waals surface area contributed by atoms with Gasteiger partial charge >= 0.3 is 5.97 Å². The second-order valence-electron chi connectivity index (χ2n) is 6.58. The van der Waals surface area contributed by atoms with Crippen LogP contribution in [-0.4, -0.2) is 20.7 Å². The number of aryl methyl sites for hydroxylation is 1. The summed E-state index contributed by atoms with van der Waals surface area (Å²) in [6.45, 7) is 4.09. The van der Waals surface area contributed by atoms with Gasteiger partial charge in [0.1, 0.15) is 5.82 Å². The number of pyridine rings is 1. The lowest BCUT2D eigenvalue weighted by Crippen LogP contribution is -2.18. The topological polar surface area (TPSA) is 116 Å². The SMILES string of the molecule is C=C(N[C@H]1CCc2cc(C#N)ccc21)c1cc(C(=O)O)n2nc(N)cc2c1. The van der Waals surface area contributed by atoms with E-state index in [1.54, 1.807) is 12.1 Å². The van der Waals surface area contributed by atoms with E-state index in [0.29, 0.717) is 22.3 Å². The molecule has 0 fully saturated rings. The lowest BCUT2D eigenvalue weighted by Gasteiger charge is -2.18. The van der Waals surface area contributed by atoms with Crippen LogP contribution in [0.2, 0.25) is 0 Å². The molecule has 0 radical (unpaired) electrons. The van der Waals surface area contributed by atoms with Crippen molar-refractivity contribution in [3.05, 3.63) is 70.9 Å². The number of rotatable bonds is 4. The van der Waals surface area contributed by atoms with Crippen molar-refractivity contribution < 1.29 is 9.90 Å². The quantitative estimate of drug-likeness (QED) is 0.659. The van der Waals surface area contributed by atoms with Crippen molar-refractivity contribution in [2.45, 2.75) is 18.9 Å². The van der Waals surface area contributed by atoms with E-state index >= 15 is 0 Å². The Kier molecular flexibility index (Phi) is 3.81. The second kappa shape index (κ2) is 6.18. The van der Waals surface area contributed by atoms with E-state index < -0.39 is 5.97 Å². The molecule has 2 heterocycles. The second-order valence-corrected chi connectivity index (χ2v) is 6.58. The molecule has 134 valence electrons. The smallest absolute Gasteiger partial charge is 0.354 e. The van der Waals surface area contributed by atoms with Crippen LogP contribution < -0.4 is 11.1 Å². The van der Waals surface area contributed by atoms with E-state index in [1.165, 1.54) is 10.6 Å². The zero-order valence-corrected chi connectivity index (χ0v) is 14.4. The fourth-order valence-corrected chi connectivity index (χ4v) is 3.58. The van der Waals surface area contributed by atoms with Crippen molar-refractivity contribution in [1.29, 1.82) is 5.26 Å². The van der Waals surface area contributed by atoms with E-state index in [0.717, 1.165) is 24.0 Å². The molecule has 1 aromatic carbocycles. The van der Waals surface area contributed by atoms with Crippen molar-refractivity contribution in [3.63, 3.8) is 0 Å². The van der Waals surface area contributed by atoms with Crippen molar-refractivity contribution in [3.8, 4) is 6.07 Å². The van der Waals surface area contributed by atoms with Crippen LogP contribution in [0.4, 0.5) is 5.82 Å². The Bertz CT molecular complexity index is 1140. The summed E-state index contributed by atoms with van der Waals surface area (Å²) in [5.41, 5.74) is 10.6. The van der Waals surface area contributed by atoms with Gasteiger partial charge in [-0.1, -0.05) is 12.6 Å². The number of hydrogen-bond donors (Lipinski definition) is 3. The molecule has 0 unspecified atom stereocenters. The zero-order valence-electron chi connectivity index (χ0n) is 14.4. The number of anilines is 1. The average molecular weight is 359 g/mol. The number of nitriles is 1. The van der Waals surface area contributed by atoms with Gasteiger partial charge in [-0.2, -0.15) is 5.26 Å². The largest absolute Gasteiger partial charge is 0.477 e. The number of nitrogen functional groups attached to an aromatic ring is 1. The van der Waals surface area contributed by atoms with E-state index in [2.05, 4.69) is 23.1 Å². The number of aromatic nitrogens is 2. The van der Waals surface area contributed by atoms with Gasteiger partial charge in [0.25, 0.3) is 0 Å². The van der Waals surface area contributed by atoms with Crippen LogP contribution in [0.1, 0.15) is 45.2 Å². The molecule has 0 saturated heterocycles. The highest BCUT2D eigenvalue weighted by Gasteiger charge is 2.23. The first-order chi connectivity index (χ1) is 13.0. The van der Waals surface area contributed by atoms with Gasteiger partial charge in [-0.25, -0.2) is 9.31 Å². The maximum Gasteiger partial charge on any atom is 0.354 e. The molecule has 7 heteroatoms. The Morgan fingerprint density at radius 1 is 1.37 bits per heavy atom. The minimum Gasteiger partial charge on any atom is -0.477 e. The first-order valence-electron chi connectivity index (χ1n) is 8.47. The lowest BCUT2D eigenvalue weighted by molar-refractivity contribution is 0.0687. The van der Waals surface area contributed by atoms with Crippen LogP contribution in [0.3, 0.4) is 0 Å². The summed E-state index contributed by atoms with van der Waals surface area (Å²) in [5, 5.41) is 25.9. The highest BCUT2D eigenvalue weighted by Crippen LogP contribution is 2.33. The van der Waals surface area contributed by atoms with Gasteiger partial charge in [0.05, 0.1) is 23.2 Å². The summed E-state index contributed by atoms with van der Waals surface area (Å²) in [6.07, 6.45) is 1.77. The van der Waals surface area contributed by atoms with Gasteiger partial charge in [0.2, 0.25) is 0 Å². The molecule has 1 atom stereocenters. The normalized spacial score (nSPS) is 15.3. The van der Waals surface area contributed by atoms with Crippen molar-refractivity contribution >= 4 is 23.0 Å². The van der Waals surface area contributed by atoms with Gasteiger partial charge in [-0.3, -0.25) is 0 Å². The van der Waals surface area contributed by atoms with Gasteiger partial charge in [0.15, 0.2) is 5.69 Å². The predicted octanol–water partition coefficient (Wildman–Crippen LogP) is 2.73. The first kappa shape index (κ1) is 16.7. The standard InChI is InChI=1S/C20H17N5O2/c1-11(23-17-5-3-13-6-12(10-21)2-4-16(13)17)14-7-15-9-19(22)24-25(15)18(8-14)20(26)27/h2,4,6-9,17,23H,1,3,5H2,(H2,22,24)(H,26,27)/t17-/m0/s1. The number of nitrogens with one attached hydrogen (secondary N) is 1. The van der Waals surface area contributed by atoms with Crippen LogP contribution >= 0.6 is 0 Å². The van der Waals surface area contributed by atoms with Crippen LogP contribution in [0, 0.1) is 11.3 Å². The highest BCUT2D eigenvalue weighted by atomic mass is 16.4. The number of nitrogens with two attached hydrogens (primary N) is 1. The number of hydrogen-bond acceptors (Lipinski definition) is 5. The Balaban J connectivity index is 1.65. The molecule has 1 aliphatic rings. The third-order valence-electron chi connectivity index (χ3n) is 4.85. The minimum atomic E-state index is -1.09. The average Bonchev–Trinajstić information content (AvgIpc) is 3.22. The highest BCUT2D eigenvalue weighted by molar-refractivity contribution is 5.88. The van der Waals surface area contributed by atoms with E-state index in [1.807, 2.05) is 18.2 Å². The van der Waals surface area contributed by atoms with Gasteiger partial charge < -0.3 is 16.2 Å². The molecule has 27 heavy (non-hydrogen) atoms. The Morgan fingerprint density at radius 3 is 2.93 bits per heavy atom. The van der Waals surface area contributed by atoms with Crippen molar-refractivity contribution in [2.24, 2.45) is 0 Å². The molecule has 0 aliphatic heterocycles. The summed E-state index contributed by atoms with van der Waals surface area (Å²) < 4.78 is 1.31. The van der Waals surface area contributed by atoms with E-state index in [4.69, 9.17) is 11.0 Å². The number of fused-ring (bicyclic) bond motifs is 2. The summed E-state index contributed by atoms with van der Waals surface area (Å²) >= 11 is 0. The van der Waals surface area contributed by atoms with Gasteiger partial charge in [-0.15, -0.1) is 5.10 Å². The van der Waals surface area contributed by atoms with Crippen molar-refractivity contribution in [1.82, 2.24) is 14.9 Å². The molecule has 0 bridgehead atoms. The molecular weight excluding hydrogens is 342 g/mol. The molecule has 1 aliphatic carbocycles. The molecule has 0 spiro atoms. The number of carbonyl (C=O) groups is 1. The third-order valence-corrected chi connectivity index (χ3v) is 4.85. The van der Waals surface area contributed by atoms with E-state index in [9.17, 15) is 9.90 Å². The number of benzene rings is 1. The fourth-order valence-electron chi connectivity index (χ4n) is 3.58. The predicted molar refractivity (Wildman–Crippen MR) is 101 cm³/mol. The van der Waals surface area contributed by atoms with Gasteiger partial charge in [-0.05, 0) is 48.2 Å². The number of aromatic carboxylic acids is 1. The first-order valence-corrected chi connectivity index (χ1v) is 8.47. The number of carboxylic acid groups (broad SMARTS) is 1.